The molecule has 3 aliphatic rings. The van der Waals surface area contributed by atoms with Gasteiger partial charge in [0.2, 0.25) is 0 Å². The molecule has 3 fully saturated rings. The van der Waals surface area contributed by atoms with Crippen LogP contribution in [0.15, 0.2) is 24.3 Å². The molecule has 3 saturated carbocycles. The summed E-state index contributed by atoms with van der Waals surface area (Å²) in [6.07, 6.45) is 8.63. The zero-order valence-corrected chi connectivity index (χ0v) is 11.9. The van der Waals surface area contributed by atoms with Gasteiger partial charge in [-0.1, -0.05) is 25.5 Å². The van der Waals surface area contributed by atoms with Gasteiger partial charge in [0.1, 0.15) is 0 Å². The van der Waals surface area contributed by atoms with Crippen LogP contribution in [0.1, 0.15) is 44.6 Å². The fraction of sp³-hybridized carbons (Fsp3) is 0.667. The highest BCUT2D eigenvalue weighted by Gasteiger charge is 2.53. The second-order valence-electron chi connectivity index (χ2n) is 6.96. The summed E-state index contributed by atoms with van der Waals surface area (Å²) in [5.74, 6) is 4.19. The maximum Gasteiger partial charge on any atom is 0.0342 e. The van der Waals surface area contributed by atoms with Gasteiger partial charge in [-0.25, -0.2) is 0 Å². The zero-order valence-electron chi connectivity index (χ0n) is 11.9. The minimum absolute atomic E-state index is 0.761. The van der Waals surface area contributed by atoms with Gasteiger partial charge in [0, 0.05) is 11.7 Å². The summed E-state index contributed by atoms with van der Waals surface area (Å²) in [5, 5.41) is 3.84. The monoisotopic (exact) mass is 255 g/mol. The van der Waals surface area contributed by atoms with Crippen molar-refractivity contribution in [2.75, 3.05) is 5.32 Å². The Kier molecular flexibility index (Phi) is 2.82. The van der Waals surface area contributed by atoms with Gasteiger partial charge in [-0.3, -0.25) is 0 Å². The second-order valence-corrected chi connectivity index (χ2v) is 6.96. The fourth-order valence-electron chi connectivity index (χ4n) is 5.28. The van der Waals surface area contributed by atoms with Gasteiger partial charge in [-0.05, 0) is 73.5 Å². The average molecular weight is 255 g/mol. The maximum absolute atomic E-state index is 3.84. The number of aryl methyl sites for hydroxylation is 1. The first-order chi connectivity index (χ1) is 9.35. The van der Waals surface area contributed by atoms with Crippen LogP contribution in [0, 0.1) is 23.7 Å². The molecule has 5 unspecified atom stereocenters. The Bertz CT molecular complexity index is 449. The summed E-state index contributed by atoms with van der Waals surface area (Å²) in [5.41, 5.74) is 2.78. The molecule has 0 aromatic heterocycles. The second kappa shape index (κ2) is 4.54. The number of benzene rings is 1. The standard InChI is InChI=1S/C18H25N/c1-2-12-6-8-14(9-7-12)19-18-11-13-10-17(18)16-5-3-4-15(13)16/h6-9,13,15-19H,2-5,10-11H2,1H3. The van der Waals surface area contributed by atoms with Crippen LogP contribution in [0.3, 0.4) is 0 Å². The van der Waals surface area contributed by atoms with Gasteiger partial charge < -0.3 is 5.32 Å². The third kappa shape index (κ3) is 1.89. The van der Waals surface area contributed by atoms with Gasteiger partial charge in [0.15, 0.2) is 0 Å². The first-order valence-corrected chi connectivity index (χ1v) is 8.20. The van der Waals surface area contributed by atoms with Crippen molar-refractivity contribution in [3.63, 3.8) is 0 Å². The molecular formula is C18H25N. The molecule has 1 nitrogen and oxygen atoms in total. The molecule has 0 saturated heterocycles. The van der Waals surface area contributed by atoms with Gasteiger partial charge >= 0.3 is 0 Å². The Hall–Kier alpha value is -0.980. The first-order valence-electron chi connectivity index (χ1n) is 8.20. The SMILES string of the molecule is CCc1ccc(NC2CC3CC2C2CCCC32)cc1. The zero-order chi connectivity index (χ0) is 12.8. The molecule has 1 aromatic rings. The third-order valence-electron chi connectivity index (χ3n) is 6.14. The highest BCUT2D eigenvalue weighted by Crippen LogP contribution is 2.59. The maximum atomic E-state index is 3.84. The number of fused-ring (bicyclic) bond motifs is 5. The summed E-state index contributed by atoms with van der Waals surface area (Å²) in [4.78, 5) is 0. The van der Waals surface area contributed by atoms with Crippen molar-refractivity contribution >= 4 is 5.69 Å². The van der Waals surface area contributed by atoms with Crippen molar-refractivity contribution in [3.05, 3.63) is 29.8 Å². The van der Waals surface area contributed by atoms with Gasteiger partial charge in [-0.15, -0.1) is 0 Å². The van der Waals surface area contributed by atoms with Crippen LogP contribution in [-0.2, 0) is 6.42 Å². The van der Waals surface area contributed by atoms with Crippen molar-refractivity contribution in [3.8, 4) is 0 Å². The van der Waals surface area contributed by atoms with E-state index >= 15 is 0 Å². The summed E-state index contributed by atoms with van der Waals surface area (Å²) >= 11 is 0. The molecular weight excluding hydrogens is 230 g/mol. The minimum atomic E-state index is 0.761. The predicted octanol–water partition coefficient (Wildman–Crippen LogP) is 4.49. The summed E-state index contributed by atoms with van der Waals surface area (Å²) in [6, 6.07) is 9.85. The lowest BCUT2D eigenvalue weighted by Gasteiger charge is -2.32. The smallest absolute Gasteiger partial charge is 0.0342 e. The number of hydrogen-bond acceptors (Lipinski definition) is 1. The first kappa shape index (κ1) is 11.8. The molecule has 5 atom stereocenters. The highest BCUT2D eigenvalue weighted by molar-refractivity contribution is 5.46. The van der Waals surface area contributed by atoms with E-state index in [4.69, 9.17) is 0 Å². The lowest BCUT2D eigenvalue weighted by atomic mass is 9.79. The van der Waals surface area contributed by atoms with Crippen LogP contribution < -0.4 is 5.32 Å². The Morgan fingerprint density at radius 1 is 1.00 bits per heavy atom. The third-order valence-corrected chi connectivity index (χ3v) is 6.14. The number of anilines is 1. The fourth-order valence-corrected chi connectivity index (χ4v) is 5.28. The summed E-state index contributed by atoms with van der Waals surface area (Å²) < 4.78 is 0. The lowest BCUT2D eigenvalue weighted by Crippen LogP contribution is -2.33. The molecule has 0 amide bonds. The van der Waals surface area contributed by atoms with Crippen molar-refractivity contribution in [2.45, 2.75) is 51.5 Å². The summed E-state index contributed by atoms with van der Waals surface area (Å²) in [6.45, 7) is 2.22. The molecule has 0 spiro atoms. The molecule has 0 heterocycles. The molecule has 102 valence electrons. The number of hydrogen-bond donors (Lipinski definition) is 1. The molecule has 4 rings (SSSR count). The topological polar surface area (TPSA) is 12.0 Å². The Balaban J connectivity index is 1.46. The van der Waals surface area contributed by atoms with Crippen molar-refractivity contribution < 1.29 is 0 Å². The summed E-state index contributed by atoms with van der Waals surface area (Å²) in [7, 11) is 0. The number of nitrogens with one attached hydrogen (secondary N) is 1. The highest BCUT2D eigenvalue weighted by atomic mass is 14.9. The van der Waals surface area contributed by atoms with Crippen molar-refractivity contribution in [1.82, 2.24) is 0 Å². The Labute approximate surface area is 116 Å². The Morgan fingerprint density at radius 3 is 2.58 bits per heavy atom. The van der Waals surface area contributed by atoms with E-state index in [1.165, 1.54) is 43.4 Å². The lowest BCUT2D eigenvalue weighted by molar-refractivity contribution is 0.243. The van der Waals surface area contributed by atoms with Crippen LogP contribution in [0.2, 0.25) is 0 Å². The van der Waals surface area contributed by atoms with Crippen molar-refractivity contribution in [2.24, 2.45) is 23.7 Å². The van der Waals surface area contributed by atoms with Crippen LogP contribution in [0.25, 0.3) is 0 Å². The van der Waals surface area contributed by atoms with E-state index in [0.717, 1.165) is 36.1 Å². The molecule has 0 radical (unpaired) electrons. The van der Waals surface area contributed by atoms with Gasteiger partial charge in [0.05, 0.1) is 0 Å². The molecule has 1 N–H and O–H groups in total. The largest absolute Gasteiger partial charge is 0.382 e. The molecule has 3 aliphatic carbocycles. The molecule has 19 heavy (non-hydrogen) atoms. The van der Waals surface area contributed by atoms with Crippen LogP contribution >= 0.6 is 0 Å². The van der Waals surface area contributed by atoms with Gasteiger partial charge in [-0.2, -0.15) is 0 Å². The van der Waals surface area contributed by atoms with Crippen LogP contribution in [0.5, 0.6) is 0 Å². The molecule has 0 aliphatic heterocycles. The normalized spacial score (nSPS) is 39.5. The quantitative estimate of drug-likeness (QED) is 0.839. The van der Waals surface area contributed by atoms with E-state index in [2.05, 4.69) is 36.5 Å². The predicted molar refractivity (Wildman–Crippen MR) is 80.3 cm³/mol. The van der Waals surface area contributed by atoms with E-state index in [1.807, 2.05) is 0 Å². The van der Waals surface area contributed by atoms with Crippen LogP contribution in [0.4, 0.5) is 5.69 Å². The Morgan fingerprint density at radius 2 is 1.79 bits per heavy atom. The van der Waals surface area contributed by atoms with E-state index in [-0.39, 0.29) is 0 Å². The number of rotatable bonds is 3. The van der Waals surface area contributed by atoms with E-state index in [9.17, 15) is 0 Å². The molecule has 1 heteroatoms. The van der Waals surface area contributed by atoms with Crippen LogP contribution in [-0.4, -0.2) is 6.04 Å². The minimum Gasteiger partial charge on any atom is -0.382 e. The molecule has 1 aromatic carbocycles. The average Bonchev–Trinajstić information content (AvgIpc) is 3.11. The van der Waals surface area contributed by atoms with E-state index in [1.54, 1.807) is 0 Å². The van der Waals surface area contributed by atoms with E-state index < -0.39 is 0 Å². The van der Waals surface area contributed by atoms with E-state index in [0.29, 0.717) is 0 Å². The van der Waals surface area contributed by atoms with Gasteiger partial charge in [0.25, 0.3) is 0 Å². The molecule has 2 bridgehead atoms. The van der Waals surface area contributed by atoms with Crippen molar-refractivity contribution in [1.29, 1.82) is 0 Å².